The van der Waals surface area contributed by atoms with Crippen LogP contribution in [0, 0.1) is 0 Å². The average molecular weight is 338 g/mol. The van der Waals surface area contributed by atoms with E-state index in [1.807, 2.05) is 4.72 Å². The van der Waals surface area contributed by atoms with Gasteiger partial charge in [0.25, 0.3) is 10.0 Å². The summed E-state index contributed by atoms with van der Waals surface area (Å²) in [6.45, 7) is 0. The van der Waals surface area contributed by atoms with Gasteiger partial charge in [0.05, 0.1) is 14.2 Å². The molecule has 10 heteroatoms. The Balaban J connectivity index is 2.14. The summed E-state index contributed by atoms with van der Waals surface area (Å²) in [5.41, 5.74) is 0. The van der Waals surface area contributed by atoms with Crippen molar-refractivity contribution in [3.8, 4) is 11.6 Å². The van der Waals surface area contributed by atoms with Crippen LogP contribution in [0.25, 0.3) is 0 Å². The van der Waals surface area contributed by atoms with Crippen LogP contribution in [0.3, 0.4) is 0 Å². The lowest BCUT2D eigenvalue weighted by molar-refractivity contribution is 0.256. The van der Waals surface area contributed by atoms with Crippen molar-refractivity contribution in [2.45, 2.75) is 4.90 Å². The van der Waals surface area contributed by atoms with Crippen molar-refractivity contribution in [1.29, 1.82) is 0 Å². The van der Waals surface area contributed by atoms with Gasteiger partial charge in [-0.1, -0.05) is 0 Å². The Kier molecular flexibility index (Phi) is 4.96. The van der Waals surface area contributed by atoms with Crippen LogP contribution in [-0.4, -0.2) is 38.6 Å². The molecule has 2 heterocycles. The standard InChI is InChI=1S/C13H14N4O5S/c1-21-9-6-11(15-12(7-9)22-2)16-13(18)17-23(19,20)10-4-3-5-14-8-10/h3-8H,1-2H3,(H2,15,16,17,18). The smallest absolute Gasteiger partial charge is 0.334 e. The predicted octanol–water partition coefficient (Wildman–Crippen LogP) is 1.00. The molecule has 0 aliphatic carbocycles. The Labute approximate surface area is 132 Å². The van der Waals surface area contributed by atoms with Crippen LogP contribution in [0.15, 0.2) is 41.6 Å². The monoisotopic (exact) mass is 338 g/mol. The van der Waals surface area contributed by atoms with Crippen molar-refractivity contribution in [2.75, 3.05) is 19.5 Å². The third-order valence-electron chi connectivity index (χ3n) is 2.63. The number of hydrogen-bond donors (Lipinski definition) is 2. The van der Waals surface area contributed by atoms with Gasteiger partial charge in [0.2, 0.25) is 5.88 Å². The van der Waals surface area contributed by atoms with Gasteiger partial charge in [-0.15, -0.1) is 0 Å². The fourth-order valence-electron chi connectivity index (χ4n) is 1.60. The summed E-state index contributed by atoms with van der Waals surface area (Å²) >= 11 is 0. The summed E-state index contributed by atoms with van der Waals surface area (Å²) in [6.07, 6.45) is 2.55. The van der Waals surface area contributed by atoms with Gasteiger partial charge < -0.3 is 9.47 Å². The Hall–Kier alpha value is -2.88. The second kappa shape index (κ2) is 6.92. The van der Waals surface area contributed by atoms with Crippen molar-refractivity contribution >= 4 is 21.9 Å². The summed E-state index contributed by atoms with van der Waals surface area (Å²) in [6, 6.07) is 4.71. The average Bonchev–Trinajstić information content (AvgIpc) is 2.54. The highest BCUT2D eigenvalue weighted by molar-refractivity contribution is 7.90. The number of amides is 2. The topological polar surface area (TPSA) is 120 Å². The van der Waals surface area contributed by atoms with Gasteiger partial charge in [-0.2, -0.15) is 4.98 Å². The lowest BCUT2D eigenvalue weighted by atomic mass is 10.4. The second-order valence-electron chi connectivity index (χ2n) is 4.18. The van der Waals surface area contributed by atoms with Crippen LogP contribution in [0.1, 0.15) is 0 Å². The molecule has 0 bridgehead atoms. The van der Waals surface area contributed by atoms with E-state index in [4.69, 9.17) is 9.47 Å². The van der Waals surface area contributed by atoms with Crippen LogP contribution in [0.5, 0.6) is 11.6 Å². The van der Waals surface area contributed by atoms with Gasteiger partial charge >= 0.3 is 6.03 Å². The zero-order valence-corrected chi connectivity index (χ0v) is 13.1. The molecule has 2 amide bonds. The van der Waals surface area contributed by atoms with Crippen LogP contribution in [0.4, 0.5) is 10.6 Å². The fourth-order valence-corrected chi connectivity index (χ4v) is 2.47. The molecule has 0 aliphatic heterocycles. The van der Waals surface area contributed by atoms with E-state index in [0.717, 1.165) is 6.20 Å². The number of rotatable bonds is 5. The fraction of sp³-hybridized carbons (Fsp3) is 0.154. The Morgan fingerprint density at radius 1 is 1.22 bits per heavy atom. The summed E-state index contributed by atoms with van der Waals surface area (Å²) < 4.78 is 35.8. The number of nitrogens with one attached hydrogen (secondary N) is 2. The maximum atomic E-state index is 12.0. The summed E-state index contributed by atoms with van der Waals surface area (Å²) in [7, 11) is -1.19. The molecule has 0 atom stereocenters. The molecular weight excluding hydrogens is 324 g/mol. The van der Waals surface area contributed by atoms with E-state index in [1.54, 1.807) is 0 Å². The van der Waals surface area contributed by atoms with E-state index in [0.29, 0.717) is 5.75 Å². The second-order valence-corrected chi connectivity index (χ2v) is 5.87. The number of sulfonamides is 1. The SMILES string of the molecule is COc1cc(NC(=O)NS(=O)(=O)c2cccnc2)nc(OC)c1. The van der Waals surface area contributed by atoms with E-state index in [1.165, 1.54) is 44.7 Å². The minimum Gasteiger partial charge on any atom is -0.496 e. The number of nitrogens with zero attached hydrogens (tertiary/aromatic N) is 2. The number of carbonyl (C=O) groups excluding carboxylic acids is 1. The first-order chi connectivity index (χ1) is 10.9. The highest BCUT2D eigenvalue weighted by atomic mass is 32.2. The van der Waals surface area contributed by atoms with Crippen molar-refractivity contribution in [3.63, 3.8) is 0 Å². The molecule has 23 heavy (non-hydrogen) atoms. The van der Waals surface area contributed by atoms with Crippen molar-refractivity contribution in [1.82, 2.24) is 14.7 Å². The number of ether oxygens (including phenoxy) is 2. The number of pyridine rings is 2. The first kappa shape index (κ1) is 16.5. The molecule has 2 aromatic heterocycles. The molecule has 0 fully saturated rings. The first-order valence-corrected chi connectivity index (χ1v) is 7.77. The van der Waals surface area contributed by atoms with E-state index >= 15 is 0 Å². The molecule has 0 aliphatic rings. The molecule has 0 radical (unpaired) electrons. The van der Waals surface area contributed by atoms with Crippen LogP contribution in [0.2, 0.25) is 0 Å². The maximum Gasteiger partial charge on any atom is 0.334 e. The van der Waals surface area contributed by atoms with Gasteiger partial charge in [-0.25, -0.2) is 17.9 Å². The first-order valence-electron chi connectivity index (χ1n) is 6.28. The number of carbonyl (C=O) groups is 1. The van der Waals surface area contributed by atoms with Gasteiger partial charge in [0, 0.05) is 24.5 Å². The molecule has 2 N–H and O–H groups in total. The summed E-state index contributed by atoms with van der Waals surface area (Å²) in [5, 5.41) is 2.30. The Morgan fingerprint density at radius 3 is 2.61 bits per heavy atom. The number of aromatic nitrogens is 2. The molecule has 2 aromatic rings. The van der Waals surface area contributed by atoms with Crippen molar-refractivity contribution in [2.24, 2.45) is 0 Å². The van der Waals surface area contributed by atoms with Gasteiger partial charge in [0.15, 0.2) is 0 Å². The Morgan fingerprint density at radius 2 is 2.00 bits per heavy atom. The molecule has 0 spiro atoms. The predicted molar refractivity (Wildman–Crippen MR) is 80.9 cm³/mol. The molecule has 9 nitrogen and oxygen atoms in total. The maximum absolute atomic E-state index is 12.0. The molecule has 0 saturated carbocycles. The van der Waals surface area contributed by atoms with E-state index < -0.39 is 16.1 Å². The molecular formula is C13H14N4O5S. The van der Waals surface area contributed by atoms with E-state index in [9.17, 15) is 13.2 Å². The quantitative estimate of drug-likeness (QED) is 0.834. The molecule has 2 rings (SSSR count). The number of urea groups is 1. The Bertz CT molecular complexity index is 773. The zero-order chi connectivity index (χ0) is 16.9. The van der Waals surface area contributed by atoms with Gasteiger partial charge in [-0.3, -0.25) is 10.3 Å². The highest BCUT2D eigenvalue weighted by Crippen LogP contribution is 2.21. The lowest BCUT2D eigenvalue weighted by Gasteiger charge is -2.10. The third kappa shape index (κ3) is 4.30. The van der Waals surface area contributed by atoms with Gasteiger partial charge in [-0.05, 0) is 12.1 Å². The summed E-state index contributed by atoms with van der Waals surface area (Å²) in [5.74, 6) is 0.664. The van der Waals surface area contributed by atoms with Crippen LogP contribution in [-0.2, 0) is 10.0 Å². The molecule has 0 saturated heterocycles. The summed E-state index contributed by atoms with van der Waals surface area (Å²) in [4.78, 5) is 19.4. The highest BCUT2D eigenvalue weighted by Gasteiger charge is 2.18. The van der Waals surface area contributed by atoms with E-state index in [-0.39, 0.29) is 16.6 Å². The number of hydrogen-bond acceptors (Lipinski definition) is 7. The van der Waals surface area contributed by atoms with Crippen molar-refractivity contribution < 1.29 is 22.7 Å². The van der Waals surface area contributed by atoms with E-state index in [2.05, 4.69) is 15.3 Å². The lowest BCUT2D eigenvalue weighted by Crippen LogP contribution is -2.34. The molecule has 122 valence electrons. The van der Waals surface area contributed by atoms with Gasteiger partial charge in [0.1, 0.15) is 16.5 Å². The molecule has 0 aromatic carbocycles. The van der Waals surface area contributed by atoms with Crippen LogP contribution >= 0.6 is 0 Å². The normalized spacial score (nSPS) is 10.7. The molecule has 0 unspecified atom stereocenters. The largest absolute Gasteiger partial charge is 0.496 e. The minimum atomic E-state index is -4.03. The minimum absolute atomic E-state index is 0.0695. The third-order valence-corrected chi connectivity index (χ3v) is 3.95. The number of methoxy groups -OCH3 is 2. The van der Waals surface area contributed by atoms with Crippen molar-refractivity contribution in [3.05, 3.63) is 36.7 Å². The zero-order valence-electron chi connectivity index (χ0n) is 12.3. The van der Waals surface area contributed by atoms with Crippen LogP contribution < -0.4 is 19.5 Å². The number of anilines is 1.